The fourth-order valence-corrected chi connectivity index (χ4v) is 2.83. The number of hydrogen-bond donors (Lipinski definition) is 0. The van der Waals surface area contributed by atoms with Gasteiger partial charge in [0.1, 0.15) is 0 Å². The van der Waals surface area contributed by atoms with Gasteiger partial charge in [-0.1, -0.05) is 39.5 Å². The molecule has 0 aromatic carbocycles. The van der Waals surface area contributed by atoms with Gasteiger partial charge >= 0.3 is 9.53 Å². The molecule has 0 aromatic heterocycles. The number of rotatable bonds is 12. The monoisotopic (exact) mass is 262 g/mol. The molecule has 0 spiro atoms. The summed E-state index contributed by atoms with van der Waals surface area (Å²) in [5.74, 6) is 0. The van der Waals surface area contributed by atoms with Crippen LogP contribution in [0.2, 0.25) is 0 Å². The second-order valence-corrected chi connectivity index (χ2v) is 6.15. The molecule has 0 heterocycles. The zero-order valence-corrected chi connectivity index (χ0v) is 13.2. The van der Waals surface area contributed by atoms with E-state index in [9.17, 15) is 0 Å². The topological polar surface area (TPSA) is 27.7 Å². The van der Waals surface area contributed by atoms with Crippen LogP contribution < -0.4 is 0 Å². The van der Waals surface area contributed by atoms with E-state index in [0.717, 1.165) is 26.1 Å². The van der Waals surface area contributed by atoms with Gasteiger partial charge in [-0.2, -0.15) is 0 Å². The summed E-state index contributed by atoms with van der Waals surface area (Å²) in [6.07, 6.45) is 7.30. The van der Waals surface area contributed by atoms with Crippen molar-refractivity contribution in [3.05, 3.63) is 0 Å². The fourth-order valence-electron chi connectivity index (χ4n) is 1.41. The van der Waals surface area contributed by atoms with E-state index in [2.05, 4.69) is 13.8 Å². The van der Waals surface area contributed by atoms with Gasteiger partial charge in [0.25, 0.3) is 0 Å². The van der Waals surface area contributed by atoms with Gasteiger partial charge in [-0.05, 0) is 26.7 Å². The van der Waals surface area contributed by atoms with Crippen molar-refractivity contribution < 1.29 is 13.3 Å². The first-order chi connectivity index (χ1) is 8.20. The molecule has 0 radical (unpaired) electrons. The number of unbranched alkanes of at least 4 members (excludes halogenated alkanes) is 4. The van der Waals surface area contributed by atoms with E-state index >= 15 is 0 Å². The molecule has 0 aliphatic heterocycles. The molecule has 0 unspecified atom stereocenters. The molecule has 0 rings (SSSR count). The average Bonchev–Trinajstić information content (AvgIpc) is 2.29. The third kappa shape index (κ3) is 12.3. The second kappa shape index (κ2) is 12.6. The molecule has 17 heavy (non-hydrogen) atoms. The van der Waals surface area contributed by atoms with Gasteiger partial charge in [0, 0.05) is 19.3 Å². The largest absolute Gasteiger partial charge is 0.484 e. The molecule has 3 nitrogen and oxygen atoms in total. The van der Waals surface area contributed by atoms with Gasteiger partial charge in [0.05, 0.1) is 0 Å². The molecule has 0 atom stereocenters. The Balaban J connectivity index is 3.64. The van der Waals surface area contributed by atoms with Crippen molar-refractivity contribution in [2.75, 3.05) is 13.2 Å². The van der Waals surface area contributed by atoms with E-state index in [1.165, 1.54) is 25.7 Å². The summed E-state index contributed by atoms with van der Waals surface area (Å²) >= 11 is 0. The van der Waals surface area contributed by atoms with E-state index in [4.69, 9.17) is 13.3 Å². The van der Waals surface area contributed by atoms with E-state index in [1.807, 2.05) is 13.8 Å². The maximum atomic E-state index is 5.73. The van der Waals surface area contributed by atoms with Crippen LogP contribution in [0.5, 0.6) is 0 Å². The maximum absolute atomic E-state index is 5.73. The summed E-state index contributed by atoms with van der Waals surface area (Å²) in [4.78, 5) is 0. The predicted molar refractivity (Wildman–Crippen MR) is 74.3 cm³/mol. The standard InChI is InChI=1S/C13H30O3Si/c1-5-7-9-11-14-17(16-13(3)4)15-12-10-8-6-2/h13,17H,5-12H2,1-4H3. The second-order valence-electron chi connectivity index (χ2n) is 4.63. The van der Waals surface area contributed by atoms with Crippen LogP contribution in [0.3, 0.4) is 0 Å². The van der Waals surface area contributed by atoms with Crippen LogP contribution in [0.4, 0.5) is 0 Å². The van der Waals surface area contributed by atoms with E-state index in [-0.39, 0.29) is 6.10 Å². The molecule has 104 valence electrons. The van der Waals surface area contributed by atoms with Crippen LogP contribution in [-0.2, 0) is 13.3 Å². The van der Waals surface area contributed by atoms with Crippen LogP contribution >= 0.6 is 0 Å². The van der Waals surface area contributed by atoms with Crippen LogP contribution in [-0.4, -0.2) is 28.8 Å². The van der Waals surface area contributed by atoms with E-state index in [0.29, 0.717) is 0 Å². The summed E-state index contributed by atoms with van der Waals surface area (Å²) in [6, 6.07) is 0. The Morgan fingerprint density at radius 3 is 1.65 bits per heavy atom. The minimum atomic E-state index is -1.88. The highest BCUT2D eigenvalue weighted by Gasteiger charge is 2.16. The van der Waals surface area contributed by atoms with Crippen molar-refractivity contribution in [2.24, 2.45) is 0 Å². The summed E-state index contributed by atoms with van der Waals surface area (Å²) < 4.78 is 17.2. The highest BCUT2D eigenvalue weighted by Crippen LogP contribution is 2.03. The molecular formula is C13H30O3Si. The van der Waals surface area contributed by atoms with Crippen LogP contribution in [0.1, 0.15) is 66.2 Å². The lowest BCUT2D eigenvalue weighted by molar-refractivity contribution is 0.0676. The Bertz CT molecular complexity index is 142. The SMILES string of the molecule is CCCCCO[SiH](OCCCCC)OC(C)C. The molecule has 0 saturated carbocycles. The zero-order valence-electron chi connectivity index (χ0n) is 12.0. The van der Waals surface area contributed by atoms with E-state index in [1.54, 1.807) is 0 Å². The molecule has 0 fully saturated rings. The van der Waals surface area contributed by atoms with E-state index < -0.39 is 9.53 Å². The van der Waals surface area contributed by atoms with Gasteiger partial charge in [-0.3, -0.25) is 0 Å². The minimum absolute atomic E-state index is 0.198. The molecule has 0 aromatic rings. The van der Waals surface area contributed by atoms with Crippen molar-refractivity contribution in [1.29, 1.82) is 0 Å². The van der Waals surface area contributed by atoms with Gasteiger partial charge in [0.2, 0.25) is 0 Å². The third-order valence-electron chi connectivity index (χ3n) is 2.39. The summed E-state index contributed by atoms with van der Waals surface area (Å²) in [5, 5.41) is 0. The smallest absolute Gasteiger partial charge is 0.376 e. The molecule has 0 bridgehead atoms. The maximum Gasteiger partial charge on any atom is 0.484 e. The molecule has 0 aliphatic carbocycles. The summed E-state index contributed by atoms with van der Waals surface area (Å²) in [7, 11) is -1.88. The lowest BCUT2D eigenvalue weighted by Gasteiger charge is -2.18. The lowest BCUT2D eigenvalue weighted by Crippen LogP contribution is -2.31. The molecule has 4 heteroatoms. The predicted octanol–water partition coefficient (Wildman–Crippen LogP) is 3.54. The third-order valence-corrected chi connectivity index (χ3v) is 4.17. The van der Waals surface area contributed by atoms with Crippen LogP contribution in [0.25, 0.3) is 0 Å². The quantitative estimate of drug-likeness (QED) is 0.398. The van der Waals surface area contributed by atoms with Gasteiger partial charge < -0.3 is 13.3 Å². The Morgan fingerprint density at radius 2 is 1.29 bits per heavy atom. The van der Waals surface area contributed by atoms with Gasteiger partial charge in [-0.25, -0.2) is 0 Å². The van der Waals surface area contributed by atoms with Crippen LogP contribution in [0.15, 0.2) is 0 Å². The van der Waals surface area contributed by atoms with Crippen molar-refractivity contribution >= 4 is 9.53 Å². The Morgan fingerprint density at radius 1 is 0.824 bits per heavy atom. The zero-order chi connectivity index (χ0) is 12.9. The minimum Gasteiger partial charge on any atom is -0.376 e. The molecule has 0 amide bonds. The van der Waals surface area contributed by atoms with Crippen molar-refractivity contribution in [3.63, 3.8) is 0 Å². The Labute approximate surface area is 109 Å². The van der Waals surface area contributed by atoms with Gasteiger partial charge in [-0.15, -0.1) is 0 Å². The first-order valence-corrected chi connectivity index (χ1v) is 8.50. The first-order valence-electron chi connectivity index (χ1n) is 7.09. The van der Waals surface area contributed by atoms with Crippen molar-refractivity contribution in [2.45, 2.75) is 72.3 Å². The van der Waals surface area contributed by atoms with Gasteiger partial charge in [0.15, 0.2) is 0 Å². The van der Waals surface area contributed by atoms with Crippen molar-refractivity contribution in [3.8, 4) is 0 Å². The normalized spacial score (nSPS) is 11.6. The first kappa shape index (κ1) is 17.1. The number of hydrogen-bond acceptors (Lipinski definition) is 3. The lowest BCUT2D eigenvalue weighted by atomic mass is 10.3. The summed E-state index contributed by atoms with van der Waals surface area (Å²) in [5.41, 5.74) is 0. The Kier molecular flexibility index (Phi) is 12.6. The molecule has 0 aliphatic rings. The highest BCUT2D eigenvalue weighted by atomic mass is 28.3. The average molecular weight is 262 g/mol. The Hall–Kier alpha value is 0.0969. The molecular weight excluding hydrogens is 232 g/mol. The summed E-state index contributed by atoms with van der Waals surface area (Å²) in [6.45, 7) is 10.0. The fraction of sp³-hybridized carbons (Fsp3) is 1.00. The highest BCUT2D eigenvalue weighted by molar-refractivity contribution is 6.36. The van der Waals surface area contributed by atoms with Crippen LogP contribution in [0, 0.1) is 0 Å². The molecule has 0 saturated heterocycles. The molecule has 0 N–H and O–H groups in total. The van der Waals surface area contributed by atoms with Crippen molar-refractivity contribution in [1.82, 2.24) is 0 Å².